The summed E-state index contributed by atoms with van der Waals surface area (Å²) >= 11 is 0. The quantitative estimate of drug-likeness (QED) is 0.267. The summed E-state index contributed by atoms with van der Waals surface area (Å²) in [6.07, 6.45) is 3.36. The Morgan fingerprint density at radius 1 is 1.50 bits per heavy atom. The molecule has 140 valence electrons. The largest absolute Gasteiger partial charge is 0.356 e. The SMILES string of the molecule is CS(=O)(=O)NC(=N)NCCC[C@H](N)C(=O)N1CCC[C@H]1C#N.Cl.Cl. The van der Waals surface area contributed by atoms with Crippen molar-refractivity contribution in [3.8, 4) is 6.07 Å². The van der Waals surface area contributed by atoms with Crippen LogP contribution in [0.1, 0.15) is 25.7 Å². The number of sulfonamides is 1. The van der Waals surface area contributed by atoms with Gasteiger partial charge in [-0.05, 0) is 25.7 Å². The highest BCUT2D eigenvalue weighted by molar-refractivity contribution is 7.89. The van der Waals surface area contributed by atoms with E-state index in [1.807, 2.05) is 4.72 Å². The average Bonchev–Trinajstić information content (AvgIpc) is 2.88. The monoisotopic (exact) mass is 402 g/mol. The molecule has 1 aliphatic heterocycles. The maximum Gasteiger partial charge on any atom is 0.240 e. The molecule has 0 saturated carbocycles. The Morgan fingerprint density at radius 3 is 2.67 bits per heavy atom. The molecule has 1 rings (SSSR count). The number of hydrogen-bond donors (Lipinski definition) is 4. The second-order valence-electron chi connectivity index (χ2n) is 5.24. The minimum Gasteiger partial charge on any atom is -0.356 e. The van der Waals surface area contributed by atoms with E-state index in [1.54, 1.807) is 0 Å². The molecule has 0 unspecified atom stereocenters. The van der Waals surface area contributed by atoms with E-state index in [0.29, 0.717) is 32.4 Å². The number of amides is 1. The molecule has 1 saturated heterocycles. The topological polar surface area (TPSA) is 152 Å². The Balaban J connectivity index is 0. The van der Waals surface area contributed by atoms with Crippen LogP contribution in [0.4, 0.5) is 0 Å². The van der Waals surface area contributed by atoms with Gasteiger partial charge in [0.25, 0.3) is 0 Å². The molecule has 0 aromatic heterocycles. The van der Waals surface area contributed by atoms with Gasteiger partial charge in [0.05, 0.1) is 18.4 Å². The van der Waals surface area contributed by atoms with Crippen molar-refractivity contribution in [3.05, 3.63) is 0 Å². The van der Waals surface area contributed by atoms with Crippen molar-refractivity contribution in [1.29, 1.82) is 10.7 Å². The second kappa shape index (κ2) is 11.3. The molecule has 0 aromatic carbocycles. The summed E-state index contributed by atoms with van der Waals surface area (Å²) in [5.41, 5.74) is 5.84. The Kier molecular flexibility index (Phi) is 11.8. The molecule has 9 nitrogen and oxygen atoms in total. The minimum absolute atomic E-state index is 0. The predicted molar refractivity (Wildman–Crippen MR) is 95.8 cm³/mol. The maximum atomic E-state index is 12.1. The lowest BCUT2D eigenvalue weighted by molar-refractivity contribution is -0.132. The number of nitrogens with zero attached hydrogens (tertiary/aromatic N) is 2. The van der Waals surface area contributed by atoms with Crippen molar-refractivity contribution in [3.63, 3.8) is 0 Å². The van der Waals surface area contributed by atoms with Gasteiger partial charge in [0.15, 0.2) is 0 Å². The first-order valence-corrected chi connectivity index (χ1v) is 8.89. The molecule has 1 amide bonds. The third-order valence-corrected chi connectivity index (χ3v) is 3.86. The van der Waals surface area contributed by atoms with Gasteiger partial charge in [-0.15, -0.1) is 24.8 Å². The summed E-state index contributed by atoms with van der Waals surface area (Å²) in [4.78, 5) is 13.6. The standard InChI is InChI=1S/C12H22N6O3S.2ClH/c1-22(20,21)17-12(15)16-6-2-5-10(14)11(19)18-7-3-4-9(18)8-13;;/h9-10H,2-7,14H2,1H3,(H3,15,16,17);2*1H/t9-,10-;;/m0../s1. The zero-order valence-electron chi connectivity index (χ0n) is 13.3. The average molecular weight is 403 g/mol. The van der Waals surface area contributed by atoms with Crippen molar-refractivity contribution in [2.45, 2.75) is 37.8 Å². The Morgan fingerprint density at radius 2 is 2.12 bits per heavy atom. The van der Waals surface area contributed by atoms with Gasteiger partial charge in [-0.25, -0.2) is 8.42 Å². The van der Waals surface area contributed by atoms with Crippen LogP contribution in [0.2, 0.25) is 0 Å². The van der Waals surface area contributed by atoms with E-state index in [-0.39, 0.29) is 42.7 Å². The molecule has 0 bridgehead atoms. The van der Waals surface area contributed by atoms with Crippen LogP contribution in [-0.2, 0) is 14.8 Å². The summed E-state index contributed by atoms with van der Waals surface area (Å²) in [7, 11) is -3.46. The van der Waals surface area contributed by atoms with Crippen molar-refractivity contribution in [2.75, 3.05) is 19.3 Å². The van der Waals surface area contributed by atoms with Crippen molar-refractivity contribution in [1.82, 2.24) is 14.9 Å². The molecule has 1 aliphatic rings. The fourth-order valence-corrected chi connectivity index (χ4v) is 2.70. The highest BCUT2D eigenvalue weighted by Crippen LogP contribution is 2.17. The smallest absolute Gasteiger partial charge is 0.240 e. The van der Waals surface area contributed by atoms with Gasteiger partial charge in [0.2, 0.25) is 21.9 Å². The summed E-state index contributed by atoms with van der Waals surface area (Å²) < 4.78 is 23.8. The molecule has 0 spiro atoms. The van der Waals surface area contributed by atoms with Gasteiger partial charge in [-0.3, -0.25) is 14.9 Å². The van der Waals surface area contributed by atoms with Crippen LogP contribution in [0.25, 0.3) is 0 Å². The molecule has 2 atom stereocenters. The molecule has 5 N–H and O–H groups in total. The first kappa shape index (κ1) is 25.0. The Hall–Kier alpha value is -1.28. The highest BCUT2D eigenvalue weighted by atomic mass is 35.5. The van der Waals surface area contributed by atoms with Crippen molar-refractivity contribution in [2.24, 2.45) is 5.73 Å². The van der Waals surface area contributed by atoms with E-state index < -0.39 is 16.1 Å². The van der Waals surface area contributed by atoms with E-state index in [2.05, 4.69) is 11.4 Å². The van der Waals surface area contributed by atoms with Gasteiger partial charge < -0.3 is 16.0 Å². The van der Waals surface area contributed by atoms with Crippen LogP contribution in [0.5, 0.6) is 0 Å². The Labute approximate surface area is 154 Å². The van der Waals surface area contributed by atoms with Crippen LogP contribution in [-0.4, -0.2) is 56.6 Å². The third kappa shape index (κ3) is 8.54. The van der Waals surface area contributed by atoms with E-state index in [4.69, 9.17) is 16.4 Å². The van der Waals surface area contributed by atoms with E-state index in [1.165, 1.54) is 4.90 Å². The zero-order chi connectivity index (χ0) is 16.8. The lowest BCUT2D eigenvalue weighted by Crippen LogP contribution is -2.46. The fourth-order valence-electron chi connectivity index (χ4n) is 2.26. The molecule has 1 fully saturated rings. The zero-order valence-corrected chi connectivity index (χ0v) is 15.8. The molecule has 24 heavy (non-hydrogen) atoms. The van der Waals surface area contributed by atoms with E-state index >= 15 is 0 Å². The summed E-state index contributed by atoms with van der Waals surface area (Å²) in [5, 5.41) is 18.9. The Bertz CT molecular complexity index is 566. The van der Waals surface area contributed by atoms with Gasteiger partial charge in [0.1, 0.15) is 6.04 Å². The number of carbonyl (C=O) groups is 1. The van der Waals surface area contributed by atoms with Gasteiger partial charge in [-0.1, -0.05) is 0 Å². The number of rotatable bonds is 6. The van der Waals surface area contributed by atoms with Crippen LogP contribution >= 0.6 is 24.8 Å². The summed E-state index contributed by atoms with van der Waals surface area (Å²) in [5.74, 6) is -0.542. The van der Waals surface area contributed by atoms with Gasteiger partial charge >= 0.3 is 0 Å². The van der Waals surface area contributed by atoms with Crippen LogP contribution in [0.3, 0.4) is 0 Å². The van der Waals surface area contributed by atoms with E-state index in [0.717, 1.165) is 12.7 Å². The molecule has 0 radical (unpaired) electrons. The molecular formula is C12H24Cl2N6O3S. The lowest BCUT2D eigenvalue weighted by atomic mass is 10.1. The number of likely N-dealkylation sites (tertiary alicyclic amines) is 1. The molecule has 0 aromatic rings. The molecular weight excluding hydrogens is 379 g/mol. The number of nitriles is 1. The van der Waals surface area contributed by atoms with Gasteiger partial charge in [-0.2, -0.15) is 5.26 Å². The number of halogens is 2. The van der Waals surface area contributed by atoms with Crippen LogP contribution < -0.4 is 15.8 Å². The molecule has 0 aliphatic carbocycles. The number of nitrogens with two attached hydrogens (primary N) is 1. The van der Waals surface area contributed by atoms with Crippen LogP contribution in [0.15, 0.2) is 0 Å². The maximum absolute atomic E-state index is 12.1. The van der Waals surface area contributed by atoms with Crippen LogP contribution in [0, 0.1) is 16.7 Å². The molecule has 12 heteroatoms. The minimum atomic E-state index is -3.46. The number of carbonyl (C=O) groups excluding carboxylic acids is 1. The van der Waals surface area contributed by atoms with Gasteiger partial charge in [0, 0.05) is 13.1 Å². The molecule has 1 heterocycles. The third-order valence-electron chi connectivity index (χ3n) is 3.28. The fraction of sp³-hybridized carbons (Fsp3) is 0.750. The summed E-state index contributed by atoms with van der Waals surface area (Å²) in [6, 6.07) is 1.03. The van der Waals surface area contributed by atoms with Crippen molar-refractivity contribution >= 4 is 46.7 Å². The highest BCUT2D eigenvalue weighted by Gasteiger charge is 2.31. The van der Waals surface area contributed by atoms with E-state index in [9.17, 15) is 13.2 Å². The number of nitrogens with one attached hydrogen (secondary N) is 3. The summed E-state index contributed by atoms with van der Waals surface area (Å²) in [6.45, 7) is 0.885. The lowest BCUT2D eigenvalue weighted by Gasteiger charge is -2.23. The first-order valence-electron chi connectivity index (χ1n) is 7.00. The number of guanidine groups is 1. The second-order valence-corrected chi connectivity index (χ2v) is 6.99. The first-order chi connectivity index (χ1) is 10.2. The normalized spacial score (nSPS) is 17.7. The van der Waals surface area contributed by atoms with Crippen molar-refractivity contribution < 1.29 is 13.2 Å². The predicted octanol–water partition coefficient (Wildman–Crippen LogP) is -0.474. The number of hydrogen-bond acceptors (Lipinski definition) is 6.